The average molecular weight is 598 g/mol. The first-order valence-corrected chi connectivity index (χ1v) is 16.1. The molecule has 0 spiro atoms. The van der Waals surface area contributed by atoms with Crippen LogP contribution in [-0.4, -0.2) is 50.0 Å². The Hall–Kier alpha value is -3.36. The lowest BCUT2D eigenvalue weighted by Gasteiger charge is -2.32. The van der Waals surface area contributed by atoms with Crippen molar-refractivity contribution in [2.45, 2.75) is 65.1 Å². The molecule has 3 aromatic carbocycles. The molecular formula is C32H40ClN3O4S. The first-order valence-electron chi connectivity index (χ1n) is 13.9. The van der Waals surface area contributed by atoms with Gasteiger partial charge in [0.25, 0.3) is 0 Å². The number of nitrogens with one attached hydrogen (secondary N) is 1. The lowest BCUT2D eigenvalue weighted by molar-refractivity contribution is -0.141. The van der Waals surface area contributed by atoms with E-state index < -0.39 is 16.1 Å². The van der Waals surface area contributed by atoms with Crippen molar-refractivity contribution in [3.05, 3.63) is 101 Å². The molecule has 2 atom stereocenters. The highest BCUT2D eigenvalue weighted by Crippen LogP contribution is 2.22. The second-order valence-corrected chi connectivity index (χ2v) is 12.8. The molecule has 0 radical (unpaired) electrons. The molecule has 0 unspecified atom stereocenters. The Kier molecular flexibility index (Phi) is 11.8. The molecule has 0 aliphatic heterocycles. The average Bonchev–Trinajstić information content (AvgIpc) is 2.94. The van der Waals surface area contributed by atoms with E-state index in [9.17, 15) is 18.0 Å². The lowest BCUT2D eigenvalue weighted by atomic mass is 10.0. The van der Waals surface area contributed by atoms with Crippen molar-refractivity contribution in [3.63, 3.8) is 0 Å². The van der Waals surface area contributed by atoms with Crippen LogP contribution in [0.25, 0.3) is 0 Å². The highest BCUT2D eigenvalue weighted by Gasteiger charge is 2.31. The van der Waals surface area contributed by atoms with Crippen LogP contribution in [0.3, 0.4) is 0 Å². The molecule has 220 valence electrons. The van der Waals surface area contributed by atoms with Gasteiger partial charge in [0.05, 0.1) is 11.9 Å². The number of hydrogen-bond acceptors (Lipinski definition) is 4. The van der Waals surface area contributed by atoms with Crippen LogP contribution < -0.4 is 9.62 Å². The Morgan fingerprint density at radius 2 is 1.56 bits per heavy atom. The van der Waals surface area contributed by atoms with E-state index in [1.165, 1.54) is 4.31 Å². The van der Waals surface area contributed by atoms with Crippen molar-refractivity contribution < 1.29 is 18.0 Å². The van der Waals surface area contributed by atoms with E-state index in [0.717, 1.165) is 29.4 Å². The number of anilines is 1. The van der Waals surface area contributed by atoms with Gasteiger partial charge in [-0.15, -0.1) is 0 Å². The number of carbonyl (C=O) groups excluding carboxylic acids is 2. The largest absolute Gasteiger partial charge is 0.352 e. The molecule has 0 heterocycles. The van der Waals surface area contributed by atoms with E-state index in [0.29, 0.717) is 17.1 Å². The number of hydrogen-bond donors (Lipinski definition) is 1. The SMILES string of the molecule is CC[C@H](C)NC(=O)[C@H](Cc1ccccc1)N(Cc1ccc(C)cc1)C(=O)CCCN(c1ccc(Cl)cc1)S(C)(=O)=O. The molecular weight excluding hydrogens is 558 g/mol. The van der Waals surface area contributed by atoms with E-state index in [1.54, 1.807) is 29.2 Å². The summed E-state index contributed by atoms with van der Waals surface area (Å²) >= 11 is 5.99. The van der Waals surface area contributed by atoms with Crippen molar-refractivity contribution in [1.29, 1.82) is 0 Å². The van der Waals surface area contributed by atoms with Crippen molar-refractivity contribution in [2.24, 2.45) is 0 Å². The van der Waals surface area contributed by atoms with Crippen molar-refractivity contribution in [1.82, 2.24) is 10.2 Å². The minimum atomic E-state index is -3.59. The molecule has 3 aromatic rings. The second kappa shape index (κ2) is 15.0. The maximum absolute atomic E-state index is 13.9. The summed E-state index contributed by atoms with van der Waals surface area (Å²) in [6.45, 7) is 6.32. The number of amides is 2. The summed E-state index contributed by atoms with van der Waals surface area (Å²) < 4.78 is 26.4. The first-order chi connectivity index (χ1) is 19.5. The predicted octanol–water partition coefficient (Wildman–Crippen LogP) is 5.75. The van der Waals surface area contributed by atoms with E-state index in [4.69, 9.17) is 11.6 Å². The summed E-state index contributed by atoms with van der Waals surface area (Å²) in [4.78, 5) is 29.1. The summed E-state index contributed by atoms with van der Waals surface area (Å²) in [6.07, 6.45) is 2.63. The maximum atomic E-state index is 13.9. The molecule has 0 aromatic heterocycles. The van der Waals surface area contributed by atoms with Gasteiger partial charge in [0.15, 0.2) is 0 Å². The third kappa shape index (κ3) is 9.90. The van der Waals surface area contributed by atoms with Crippen LogP contribution >= 0.6 is 11.6 Å². The number of sulfonamides is 1. The van der Waals surface area contributed by atoms with Gasteiger partial charge >= 0.3 is 0 Å². The molecule has 3 rings (SSSR count). The molecule has 0 fully saturated rings. The topological polar surface area (TPSA) is 86.8 Å². The Balaban J connectivity index is 1.88. The molecule has 2 amide bonds. The number of nitrogens with zero attached hydrogens (tertiary/aromatic N) is 2. The summed E-state index contributed by atoms with van der Waals surface area (Å²) in [7, 11) is -3.59. The normalized spacial score (nSPS) is 12.8. The quantitative estimate of drug-likeness (QED) is 0.256. The lowest BCUT2D eigenvalue weighted by Crippen LogP contribution is -2.52. The number of aryl methyl sites for hydroxylation is 1. The molecule has 7 nitrogen and oxygen atoms in total. The predicted molar refractivity (Wildman–Crippen MR) is 166 cm³/mol. The van der Waals surface area contributed by atoms with E-state index in [-0.39, 0.29) is 43.8 Å². The molecule has 0 aliphatic rings. The smallest absolute Gasteiger partial charge is 0.243 e. The zero-order valence-corrected chi connectivity index (χ0v) is 25.8. The summed E-state index contributed by atoms with van der Waals surface area (Å²) in [5.41, 5.74) is 3.45. The number of benzene rings is 3. The molecule has 0 bridgehead atoms. The van der Waals surface area contributed by atoms with Crippen LogP contribution in [-0.2, 0) is 32.6 Å². The van der Waals surface area contributed by atoms with Crippen LogP contribution in [0.2, 0.25) is 5.02 Å². The molecule has 1 N–H and O–H groups in total. The summed E-state index contributed by atoms with van der Waals surface area (Å²) in [5.74, 6) is -0.419. The zero-order chi connectivity index (χ0) is 30.0. The van der Waals surface area contributed by atoms with Gasteiger partial charge in [-0.1, -0.05) is 78.7 Å². The Morgan fingerprint density at radius 1 is 0.927 bits per heavy atom. The van der Waals surface area contributed by atoms with E-state index >= 15 is 0 Å². The molecule has 41 heavy (non-hydrogen) atoms. The fourth-order valence-corrected chi connectivity index (χ4v) is 5.59. The Morgan fingerprint density at radius 3 is 2.15 bits per heavy atom. The molecule has 0 saturated carbocycles. The molecule has 0 saturated heterocycles. The number of carbonyl (C=O) groups is 2. The number of rotatable bonds is 14. The second-order valence-electron chi connectivity index (χ2n) is 10.4. The first kappa shape index (κ1) is 32.2. The van der Waals surface area contributed by atoms with Gasteiger partial charge in [-0.3, -0.25) is 13.9 Å². The zero-order valence-electron chi connectivity index (χ0n) is 24.2. The van der Waals surface area contributed by atoms with E-state index in [2.05, 4.69) is 5.32 Å². The standard InChI is InChI=1S/C32H40ClN3O4S/c1-5-25(3)34-32(38)30(22-26-10-7-6-8-11-26)35(23-27-15-13-24(2)14-16-27)31(37)12-9-21-36(41(4,39)40)29-19-17-28(33)18-20-29/h6-8,10-11,13-20,25,30H,5,9,12,21-23H2,1-4H3,(H,34,38)/t25-,30-/m0/s1. The Labute approximate surface area is 249 Å². The monoisotopic (exact) mass is 597 g/mol. The van der Waals surface area contributed by atoms with Crippen molar-refractivity contribution >= 4 is 39.1 Å². The Bertz CT molecular complexity index is 1380. The third-order valence-corrected chi connectivity index (χ3v) is 8.46. The highest BCUT2D eigenvalue weighted by molar-refractivity contribution is 7.92. The van der Waals surface area contributed by atoms with Crippen LogP contribution in [0, 0.1) is 6.92 Å². The number of halogens is 1. The van der Waals surface area contributed by atoms with Gasteiger partial charge in [-0.2, -0.15) is 0 Å². The molecule has 9 heteroatoms. The van der Waals surface area contributed by atoms with Gasteiger partial charge < -0.3 is 10.2 Å². The molecule has 0 aliphatic carbocycles. The fraction of sp³-hybridized carbons (Fsp3) is 0.375. The van der Waals surface area contributed by atoms with Crippen LogP contribution in [0.5, 0.6) is 0 Å². The highest BCUT2D eigenvalue weighted by atomic mass is 35.5. The summed E-state index contributed by atoms with van der Waals surface area (Å²) in [5, 5.41) is 3.57. The third-order valence-electron chi connectivity index (χ3n) is 7.01. The van der Waals surface area contributed by atoms with Gasteiger partial charge in [0.2, 0.25) is 21.8 Å². The minimum Gasteiger partial charge on any atom is -0.352 e. The maximum Gasteiger partial charge on any atom is 0.243 e. The van der Waals surface area contributed by atoms with Crippen molar-refractivity contribution in [3.8, 4) is 0 Å². The fourth-order valence-electron chi connectivity index (χ4n) is 4.50. The summed E-state index contributed by atoms with van der Waals surface area (Å²) in [6, 6.07) is 23.3. The van der Waals surface area contributed by atoms with E-state index in [1.807, 2.05) is 75.4 Å². The van der Waals surface area contributed by atoms with Gasteiger partial charge in [-0.05, 0) is 62.1 Å². The minimum absolute atomic E-state index is 0.0419. The van der Waals surface area contributed by atoms with Gasteiger partial charge in [0.1, 0.15) is 6.04 Å². The van der Waals surface area contributed by atoms with Gasteiger partial charge in [0, 0.05) is 37.0 Å². The van der Waals surface area contributed by atoms with Crippen molar-refractivity contribution in [2.75, 3.05) is 17.1 Å². The van der Waals surface area contributed by atoms with Crippen LogP contribution in [0.15, 0.2) is 78.9 Å². The van der Waals surface area contributed by atoms with Crippen LogP contribution in [0.1, 0.15) is 49.8 Å². The van der Waals surface area contributed by atoms with Gasteiger partial charge in [-0.25, -0.2) is 8.42 Å². The van der Waals surface area contributed by atoms with Crippen LogP contribution in [0.4, 0.5) is 5.69 Å².